The molecule has 1 aromatic rings. The monoisotopic (exact) mass is 381 g/mol. The summed E-state index contributed by atoms with van der Waals surface area (Å²) in [6, 6.07) is 0. The highest BCUT2D eigenvalue weighted by Crippen LogP contribution is 2.46. The minimum Gasteiger partial charge on any atom is -0.373 e. The molecule has 3 aliphatic rings. The predicted molar refractivity (Wildman–Crippen MR) is 101 cm³/mol. The lowest BCUT2D eigenvalue weighted by Crippen LogP contribution is -2.18. The second-order valence-electron chi connectivity index (χ2n) is 7.47. The van der Waals surface area contributed by atoms with E-state index >= 15 is 0 Å². The highest BCUT2D eigenvalue weighted by atomic mass is 35.5. The minimum atomic E-state index is 0.349. The SMILES string of the molecule is CCC1CCCC1OCc1c(C2=C(Cl)CCC=C2Cl)noc1C1CC1. The van der Waals surface area contributed by atoms with E-state index in [2.05, 4.69) is 12.1 Å². The number of ether oxygens (including phenoxy) is 1. The molecule has 0 saturated heterocycles. The van der Waals surface area contributed by atoms with Crippen molar-refractivity contribution in [3.8, 4) is 0 Å². The zero-order chi connectivity index (χ0) is 17.4. The topological polar surface area (TPSA) is 35.3 Å². The Morgan fingerprint density at radius 3 is 2.80 bits per heavy atom. The van der Waals surface area contributed by atoms with E-state index in [0.29, 0.717) is 29.6 Å². The van der Waals surface area contributed by atoms with Gasteiger partial charge in [0.1, 0.15) is 11.5 Å². The van der Waals surface area contributed by atoms with Crippen LogP contribution in [0.15, 0.2) is 20.7 Å². The molecular formula is C20H25Cl2NO2. The van der Waals surface area contributed by atoms with Crippen molar-refractivity contribution < 1.29 is 9.26 Å². The molecule has 0 aromatic carbocycles. The summed E-state index contributed by atoms with van der Waals surface area (Å²) in [5, 5.41) is 5.82. The molecule has 2 atom stereocenters. The first-order chi connectivity index (χ1) is 12.2. The van der Waals surface area contributed by atoms with Gasteiger partial charge in [0.2, 0.25) is 0 Å². The summed E-state index contributed by atoms with van der Waals surface area (Å²) in [5.74, 6) is 2.14. The lowest BCUT2D eigenvalue weighted by Gasteiger charge is -2.19. The van der Waals surface area contributed by atoms with E-state index in [1.807, 2.05) is 6.08 Å². The lowest BCUT2D eigenvalue weighted by atomic mass is 9.99. The van der Waals surface area contributed by atoms with Gasteiger partial charge in [0.15, 0.2) is 0 Å². The highest BCUT2D eigenvalue weighted by Gasteiger charge is 2.35. The van der Waals surface area contributed by atoms with Gasteiger partial charge in [0, 0.05) is 27.1 Å². The summed E-state index contributed by atoms with van der Waals surface area (Å²) in [5.41, 5.74) is 2.69. The molecule has 1 heterocycles. The number of hydrogen-bond acceptors (Lipinski definition) is 3. The van der Waals surface area contributed by atoms with Crippen LogP contribution in [0.25, 0.3) is 5.57 Å². The Bertz CT molecular complexity index is 703. The van der Waals surface area contributed by atoms with E-state index in [4.69, 9.17) is 32.5 Å². The zero-order valence-corrected chi connectivity index (χ0v) is 16.2. The van der Waals surface area contributed by atoms with Gasteiger partial charge >= 0.3 is 0 Å². The van der Waals surface area contributed by atoms with Crippen molar-refractivity contribution in [1.29, 1.82) is 0 Å². The molecule has 5 heteroatoms. The molecule has 3 aliphatic carbocycles. The Hall–Kier alpha value is -0.770. The molecule has 2 unspecified atom stereocenters. The van der Waals surface area contributed by atoms with Crippen LogP contribution in [0.3, 0.4) is 0 Å². The maximum atomic E-state index is 6.49. The predicted octanol–water partition coefficient (Wildman–Crippen LogP) is 6.51. The number of halogens is 2. The summed E-state index contributed by atoms with van der Waals surface area (Å²) in [6.45, 7) is 2.80. The van der Waals surface area contributed by atoms with Crippen molar-refractivity contribution in [1.82, 2.24) is 5.16 Å². The Morgan fingerprint density at radius 1 is 1.24 bits per heavy atom. The second-order valence-corrected chi connectivity index (χ2v) is 8.33. The molecule has 4 rings (SSSR count). The van der Waals surface area contributed by atoms with E-state index in [0.717, 1.165) is 46.9 Å². The molecule has 25 heavy (non-hydrogen) atoms. The molecule has 136 valence electrons. The average Bonchev–Trinajstić information content (AvgIpc) is 3.20. The summed E-state index contributed by atoms with van der Waals surface area (Å²) < 4.78 is 12.1. The molecule has 0 bridgehead atoms. The molecule has 0 N–H and O–H groups in total. The zero-order valence-electron chi connectivity index (χ0n) is 14.7. The Morgan fingerprint density at radius 2 is 2.08 bits per heavy atom. The van der Waals surface area contributed by atoms with Crippen molar-refractivity contribution in [2.45, 2.75) is 76.9 Å². The highest BCUT2D eigenvalue weighted by molar-refractivity contribution is 6.42. The maximum absolute atomic E-state index is 6.49. The number of hydrogen-bond donors (Lipinski definition) is 0. The molecule has 0 aliphatic heterocycles. The van der Waals surface area contributed by atoms with Crippen LogP contribution in [0.5, 0.6) is 0 Å². The van der Waals surface area contributed by atoms with Crippen molar-refractivity contribution in [3.05, 3.63) is 33.2 Å². The maximum Gasteiger partial charge on any atom is 0.145 e. The van der Waals surface area contributed by atoms with E-state index in [9.17, 15) is 0 Å². The van der Waals surface area contributed by atoms with Gasteiger partial charge in [-0.05, 0) is 44.4 Å². The van der Waals surface area contributed by atoms with Crippen LogP contribution in [-0.4, -0.2) is 11.3 Å². The van der Waals surface area contributed by atoms with Crippen molar-refractivity contribution in [2.24, 2.45) is 5.92 Å². The van der Waals surface area contributed by atoms with E-state index in [1.165, 1.54) is 32.1 Å². The van der Waals surface area contributed by atoms with Crippen LogP contribution in [0.4, 0.5) is 0 Å². The van der Waals surface area contributed by atoms with Crippen LogP contribution >= 0.6 is 23.2 Å². The van der Waals surface area contributed by atoms with Gasteiger partial charge < -0.3 is 9.26 Å². The average molecular weight is 382 g/mol. The number of aromatic nitrogens is 1. The molecule has 0 radical (unpaired) electrons. The largest absolute Gasteiger partial charge is 0.373 e. The van der Waals surface area contributed by atoms with Crippen LogP contribution in [-0.2, 0) is 11.3 Å². The first-order valence-corrected chi connectivity index (χ1v) is 10.3. The normalized spacial score (nSPS) is 27.1. The fourth-order valence-electron chi connectivity index (χ4n) is 4.13. The van der Waals surface area contributed by atoms with E-state index < -0.39 is 0 Å². The molecule has 3 nitrogen and oxygen atoms in total. The van der Waals surface area contributed by atoms with Gasteiger partial charge in [-0.2, -0.15) is 0 Å². The third-order valence-corrected chi connectivity index (χ3v) is 6.48. The summed E-state index contributed by atoms with van der Waals surface area (Å²) in [7, 11) is 0. The van der Waals surface area contributed by atoms with Crippen LogP contribution < -0.4 is 0 Å². The Kier molecular flexibility index (Phi) is 5.26. The van der Waals surface area contributed by atoms with Gasteiger partial charge in [-0.3, -0.25) is 0 Å². The lowest BCUT2D eigenvalue weighted by molar-refractivity contribution is 0.0143. The van der Waals surface area contributed by atoms with Crippen LogP contribution in [0, 0.1) is 5.92 Å². The third-order valence-electron chi connectivity index (χ3n) is 5.76. The number of rotatable bonds is 6. The van der Waals surface area contributed by atoms with Gasteiger partial charge in [-0.15, -0.1) is 0 Å². The third kappa shape index (κ3) is 3.56. The Balaban J connectivity index is 1.61. The standard InChI is InChI=1S/C20H25Cl2NO2/c1-2-12-5-3-8-17(12)24-11-14-19(23-25-20(14)13-9-10-13)18-15(21)6-4-7-16(18)22/h6,12-13,17H,2-5,7-11H2,1H3. The number of nitrogens with zero attached hydrogens (tertiary/aromatic N) is 1. The molecule has 0 amide bonds. The molecular weight excluding hydrogens is 357 g/mol. The molecule has 1 aromatic heterocycles. The first kappa shape index (κ1) is 17.6. The minimum absolute atomic E-state index is 0.349. The van der Waals surface area contributed by atoms with Crippen LogP contribution in [0.1, 0.15) is 81.2 Å². The van der Waals surface area contributed by atoms with E-state index in [-0.39, 0.29) is 0 Å². The smallest absolute Gasteiger partial charge is 0.145 e. The van der Waals surface area contributed by atoms with E-state index in [1.54, 1.807) is 0 Å². The summed E-state index contributed by atoms with van der Waals surface area (Å²) >= 11 is 13.0. The molecule has 0 spiro atoms. The van der Waals surface area contributed by atoms with Crippen molar-refractivity contribution in [3.63, 3.8) is 0 Å². The van der Waals surface area contributed by atoms with Gasteiger partial charge in [0.25, 0.3) is 0 Å². The second kappa shape index (κ2) is 7.46. The Labute approximate surface area is 159 Å². The molecule has 2 fully saturated rings. The molecule has 2 saturated carbocycles. The summed E-state index contributed by atoms with van der Waals surface area (Å²) in [4.78, 5) is 0. The quantitative estimate of drug-likeness (QED) is 0.562. The van der Waals surface area contributed by atoms with Crippen LogP contribution in [0.2, 0.25) is 0 Å². The van der Waals surface area contributed by atoms with Gasteiger partial charge in [-0.25, -0.2) is 0 Å². The first-order valence-electron chi connectivity index (χ1n) is 9.54. The number of allylic oxidation sites excluding steroid dienone is 4. The van der Waals surface area contributed by atoms with Gasteiger partial charge in [0.05, 0.1) is 12.7 Å². The van der Waals surface area contributed by atoms with Crippen molar-refractivity contribution in [2.75, 3.05) is 0 Å². The van der Waals surface area contributed by atoms with Gasteiger partial charge in [-0.1, -0.05) is 54.2 Å². The van der Waals surface area contributed by atoms with Crippen molar-refractivity contribution >= 4 is 28.8 Å². The fourth-order valence-corrected chi connectivity index (χ4v) is 4.79. The summed E-state index contributed by atoms with van der Waals surface area (Å²) in [6.07, 6.45) is 11.3. The fraction of sp³-hybridized carbons (Fsp3) is 0.650.